The van der Waals surface area contributed by atoms with Gasteiger partial charge in [-0.2, -0.15) is 5.26 Å². The lowest BCUT2D eigenvalue weighted by molar-refractivity contribution is 0.395. The highest BCUT2D eigenvalue weighted by Crippen LogP contribution is 2.35. The molecule has 0 amide bonds. The number of rotatable bonds is 3. The van der Waals surface area contributed by atoms with Crippen molar-refractivity contribution in [2.45, 2.75) is 32.2 Å². The van der Waals surface area contributed by atoms with Crippen LogP contribution in [0, 0.1) is 11.3 Å². The van der Waals surface area contributed by atoms with Crippen LogP contribution in [0.1, 0.15) is 37.2 Å². The molecule has 1 aliphatic heterocycles. The maximum absolute atomic E-state index is 9.67. The van der Waals surface area contributed by atoms with Crippen molar-refractivity contribution in [3.05, 3.63) is 66.1 Å². The second-order valence-corrected chi connectivity index (χ2v) is 7.61. The number of imidazole rings is 1. The van der Waals surface area contributed by atoms with Crippen LogP contribution >= 0.6 is 0 Å². The molecule has 5 nitrogen and oxygen atoms in total. The van der Waals surface area contributed by atoms with E-state index in [2.05, 4.69) is 57.8 Å². The number of aromatic nitrogens is 3. The SMILES string of the molecule is CCc1nc2ccccc2n1C1CCN(c2c(C#N)cnc3ccccc23)CC1. The molecule has 2 aromatic carbocycles. The largest absolute Gasteiger partial charge is 0.370 e. The Kier molecular flexibility index (Phi) is 4.40. The number of benzene rings is 2. The van der Waals surface area contributed by atoms with E-state index in [9.17, 15) is 5.26 Å². The molecule has 3 heterocycles. The van der Waals surface area contributed by atoms with E-state index in [1.807, 2.05) is 18.2 Å². The van der Waals surface area contributed by atoms with Gasteiger partial charge in [0.25, 0.3) is 0 Å². The van der Waals surface area contributed by atoms with E-state index in [1.165, 1.54) is 5.52 Å². The van der Waals surface area contributed by atoms with Crippen molar-refractivity contribution < 1.29 is 0 Å². The van der Waals surface area contributed by atoms with Crippen LogP contribution in [0.15, 0.2) is 54.7 Å². The summed E-state index contributed by atoms with van der Waals surface area (Å²) in [5, 5.41) is 10.7. The van der Waals surface area contributed by atoms with Crippen LogP contribution in [0.5, 0.6) is 0 Å². The van der Waals surface area contributed by atoms with Gasteiger partial charge in [-0.05, 0) is 31.0 Å². The van der Waals surface area contributed by atoms with Crippen molar-refractivity contribution in [3.8, 4) is 6.07 Å². The van der Waals surface area contributed by atoms with E-state index in [-0.39, 0.29) is 0 Å². The Hall–Kier alpha value is -3.39. The van der Waals surface area contributed by atoms with Crippen molar-refractivity contribution >= 4 is 27.6 Å². The number of hydrogen-bond acceptors (Lipinski definition) is 4. The van der Waals surface area contributed by atoms with Crippen LogP contribution in [0.4, 0.5) is 5.69 Å². The Morgan fingerprint density at radius 2 is 1.76 bits per heavy atom. The molecule has 0 aliphatic carbocycles. The molecule has 144 valence electrons. The minimum absolute atomic E-state index is 0.437. The van der Waals surface area contributed by atoms with Crippen LogP contribution in [0.25, 0.3) is 21.9 Å². The maximum atomic E-state index is 9.67. The average Bonchev–Trinajstić information content (AvgIpc) is 3.17. The summed E-state index contributed by atoms with van der Waals surface area (Å²) in [6.07, 6.45) is 4.72. The summed E-state index contributed by atoms with van der Waals surface area (Å²) >= 11 is 0. The van der Waals surface area contributed by atoms with Gasteiger partial charge < -0.3 is 9.47 Å². The molecule has 2 aromatic heterocycles. The zero-order chi connectivity index (χ0) is 19.8. The van der Waals surface area contributed by atoms with E-state index >= 15 is 0 Å². The number of fused-ring (bicyclic) bond motifs is 2. The topological polar surface area (TPSA) is 57.7 Å². The van der Waals surface area contributed by atoms with Gasteiger partial charge in [-0.15, -0.1) is 0 Å². The normalized spacial score (nSPS) is 15.1. The molecule has 1 aliphatic rings. The Labute approximate surface area is 170 Å². The van der Waals surface area contributed by atoms with Gasteiger partial charge in [-0.3, -0.25) is 4.98 Å². The lowest BCUT2D eigenvalue weighted by atomic mass is 10.0. The minimum Gasteiger partial charge on any atom is -0.370 e. The quantitative estimate of drug-likeness (QED) is 0.508. The number of nitrogens with zero attached hydrogens (tertiary/aromatic N) is 5. The molecule has 0 bridgehead atoms. The molecule has 0 spiro atoms. The summed E-state index contributed by atoms with van der Waals surface area (Å²) in [6, 6.07) is 19.3. The lowest BCUT2D eigenvalue weighted by Crippen LogP contribution is -2.35. The zero-order valence-electron chi connectivity index (χ0n) is 16.5. The van der Waals surface area contributed by atoms with Crippen LogP contribution in [0.3, 0.4) is 0 Å². The highest BCUT2D eigenvalue weighted by Gasteiger charge is 2.26. The molecular weight excluding hydrogens is 358 g/mol. The highest BCUT2D eigenvalue weighted by atomic mass is 15.2. The second-order valence-electron chi connectivity index (χ2n) is 7.61. The Bertz CT molecular complexity index is 1230. The van der Waals surface area contributed by atoms with Crippen molar-refractivity contribution in [2.75, 3.05) is 18.0 Å². The summed E-state index contributed by atoms with van der Waals surface area (Å²) in [5.74, 6) is 1.16. The van der Waals surface area contributed by atoms with Gasteiger partial charge in [0.15, 0.2) is 0 Å². The van der Waals surface area contributed by atoms with E-state index in [4.69, 9.17) is 4.98 Å². The maximum Gasteiger partial charge on any atom is 0.109 e. The van der Waals surface area contributed by atoms with Gasteiger partial charge in [0.05, 0.1) is 27.8 Å². The molecule has 1 saturated heterocycles. The fourth-order valence-corrected chi connectivity index (χ4v) is 4.65. The Morgan fingerprint density at radius 1 is 1.03 bits per heavy atom. The Morgan fingerprint density at radius 3 is 2.52 bits per heavy atom. The number of hydrogen-bond donors (Lipinski definition) is 0. The summed E-state index contributed by atoms with van der Waals surface area (Å²) in [5.41, 5.74) is 4.94. The molecule has 0 N–H and O–H groups in total. The first kappa shape index (κ1) is 17.7. The number of aryl methyl sites for hydroxylation is 1. The van der Waals surface area contributed by atoms with Crippen LogP contribution < -0.4 is 4.90 Å². The molecular formula is C24H23N5. The third kappa shape index (κ3) is 2.92. The molecule has 29 heavy (non-hydrogen) atoms. The van der Waals surface area contributed by atoms with Gasteiger partial charge in [0.1, 0.15) is 11.9 Å². The van der Waals surface area contributed by atoms with E-state index in [0.717, 1.165) is 60.3 Å². The fourth-order valence-electron chi connectivity index (χ4n) is 4.65. The molecule has 1 fully saturated rings. The monoisotopic (exact) mass is 381 g/mol. The lowest BCUT2D eigenvalue weighted by Gasteiger charge is -2.36. The van der Waals surface area contributed by atoms with E-state index in [1.54, 1.807) is 6.20 Å². The van der Waals surface area contributed by atoms with E-state index < -0.39 is 0 Å². The van der Waals surface area contributed by atoms with Gasteiger partial charge in [-0.1, -0.05) is 37.3 Å². The number of pyridine rings is 1. The summed E-state index contributed by atoms with van der Waals surface area (Å²) < 4.78 is 2.45. The zero-order valence-corrected chi connectivity index (χ0v) is 16.5. The van der Waals surface area contributed by atoms with Crippen molar-refractivity contribution in [3.63, 3.8) is 0 Å². The Balaban J connectivity index is 1.48. The first-order chi connectivity index (χ1) is 14.3. The summed E-state index contributed by atoms with van der Waals surface area (Å²) in [6.45, 7) is 4.02. The summed E-state index contributed by atoms with van der Waals surface area (Å²) in [4.78, 5) is 11.7. The fraction of sp³-hybridized carbons (Fsp3) is 0.292. The predicted molar refractivity (Wildman–Crippen MR) is 116 cm³/mol. The first-order valence-corrected chi connectivity index (χ1v) is 10.3. The van der Waals surface area contributed by atoms with Crippen LogP contribution in [-0.2, 0) is 6.42 Å². The van der Waals surface area contributed by atoms with Crippen LogP contribution in [0.2, 0.25) is 0 Å². The standard InChI is InChI=1S/C24H23N5/c1-2-23-27-21-9-5-6-10-22(21)29(23)18-11-13-28(14-12-18)24-17(15-25)16-26-20-8-4-3-7-19(20)24/h3-10,16,18H,2,11-14H2,1H3. The summed E-state index contributed by atoms with van der Waals surface area (Å²) in [7, 11) is 0. The molecule has 4 aromatic rings. The van der Waals surface area contributed by atoms with Crippen molar-refractivity contribution in [1.29, 1.82) is 5.26 Å². The first-order valence-electron chi connectivity index (χ1n) is 10.3. The highest BCUT2D eigenvalue weighted by molar-refractivity contribution is 5.94. The van der Waals surface area contributed by atoms with Gasteiger partial charge in [-0.25, -0.2) is 4.98 Å². The predicted octanol–water partition coefficient (Wildman–Crippen LogP) is 4.86. The third-order valence-corrected chi connectivity index (χ3v) is 6.00. The molecule has 5 heteroatoms. The smallest absolute Gasteiger partial charge is 0.109 e. The molecule has 0 radical (unpaired) electrons. The van der Waals surface area contributed by atoms with Crippen molar-refractivity contribution in [2.24, 2.45) is 0 Å². The van der Waals surface area contributed by atoms with Crippen LogP contribution in [-0.4, -0.2) is 27.6 Å². The number of nitriles is 1. The third-order valence-electron chi connectivity index (χ3n) is 6.00. The molecule has 0 unspecified atom stereocenters. The van der Waals surface area contributed by atoms with Gasteiger partial charge in [0.2, 0.25) is 0 Å². The minimum atomic E-state index is 0.437. The number of piperidine rings is 1. The molecule has 0 saturated carbocycles. The molecule has 5 rings (SSSR count). The number of para-hydroxylation sites is 3. The van der Waals surface area contributed by atoms with Gasteiger partial charge in [0, 0.05) is 37.1 Å². The number of anilines is 1. The average molecular weight is 381 g/mol. The van der Waals surface area contributed by atoms with Crippen molar-refractivity contribution in [1.82, 2.24) is 14.5 Å². The van der Waals surface area contributed by atoms with Gasteiger partial charge >= 0.3 is 0 Å². The second kappa shape index (κ2) is 7.21. The molecule has 0 atom stereocenters. The van der Waals surface area contributed by atoms with E-state index in [0.29, 0.717) is 11.6 Å².